The summed E-state index contributed by atoms with van der Waals surface area (Å²) in [6, 6.07) is 1.66. The van der Waals surface area contributed by atoms with Gasteiger partial charge in [-0.2, -0.15) is 4.98 Å². The molecule has 0 saturated heterocycles. The van der Waals surface area contributed by atoms with E-state index >= 15 is 0 Å². The second-order valence-corrected chi connectivity index (χ2v) is 2.65. The fourth-order valence-corrected chi connectivity index (χ4v) is 1.24. The van der Waals surface area contributed by atoms with E-state index in [2.05, 4.69) is 9.97 Å². The maximum Gasteiger partial charge on any atom is 0.439 e. The van der Waals surface area contributed by atoms with Crippen molar-refractivity contribution in [3.63, 3.8) is 0 Å². The van der Waals surface area contributed by atoms with Gasteiger partial charge in [-0.3, -0.25) is 4.98 Å². The van der Waals surface area contributed by atoms with Gasteiger partial charge in [0.1, 0.15) is 5.58 Å². The van der Waals surface area contributed by atoms with Crippen LogP contribution in [-0.4, -0.2) is 9.97 Å². The lowest BCUT2D eigenvalue weighted by atomic mass is 10.2. The maximum absolute atomic E-state index is 11.0. The standard InChI is InChI=1S/C9H8N2O2/c1-2-7-6-5-10-4-3-8(6)13-9(12)11-7/h3-5H,2H2,1H3. The van der Waals surface area contributed by atoms with Gasteiger partial charge in [0.25, 0.3) is 0 Å². The lowest BCUT2D eigenvalue weighted by Crippen LogP contribution is -2.07. The van der Waals surface area contributed by atoms with E-state index in [4.69, 9.17) is 4.42 Å². The third-order valence-corrected chi connectivity index (χ3v) is 1.85. The molecule has 2 rings (SSSR count). The summed E-state index contributed by atoms with van der Waals surface area (Å²) in [7, 11) is 0. The fourth-order valence-electron chi connectivity index (χ4n) is 1.24. The minimum Gasteiger partial charge on any atom is -0.408 e. The summed E-state index contributed by atoms with van der Waals surface area (Å²) in [6.07, 6.45) is 3.95. The van der Waals surface area contributed by atoms with Crippen molar-refractivity contribution in [3.8, 4) is 0 Å². The monoisotopic (exact) mass is 176 g/mol. The van der Waals surface area contributed by atoms with Crippen molar-refractivity contribution < 1.29 is 4.42 Å². The third kappa shape index (κ3) is 1.30. The molecule has 0 unspecified atom stereocenters. The molecule has 4 nitrogen and oxygen atoms in total. The van der Waals surface area contributed by atoms with Gasteiger partial charge in [-0.25, -0.2) is 4.79 Å². The fraction of sp³-hybridized carbons (Fsp3) is 0.222. The molecule has 0 atom stereocenters. The van der Waals surface area contributed by atoms with E-state index in [-0.39, 0.29) is 0 Å². The Morgan fingerprint density at radius 1 is 1.54 bits per heavy atom. The van der Waals surface area contributed by atoms with Crippen LogP contribution in [0.15, 0.2) is 27.7 Å². The van der Waals surface area contributed by atoms with Gasteiger partial charge in [0, 0.05) is 18.5 Å². The number of fused-ring (bicyclic) bond motifs is 1. The average molecular weight is 176 g/mol. The molecule has 0 aliphatic rings. The second kappa shape index (κ2) is 2.97. The van der Waals surface area contributed by atoms with Crippen molar-refractivity contribution in [1.82, 2.24) is 9.97 Å². The molecule has 2 aromatic heterocycles. The van der Waals surface area contributed by atoms with Crippen LogP contribution in [0.4, 0.5) is 0 Å². The smallest absolute Gasteiger partial charge is 0.408 e. The number of pyridine rings is 1. The molecule has 2 aromatic rings. The third-order valence-electron chi connectivity index (χ3n) is 1.85. The van der Waals surface area contributed by atoms with Crippen molar-refractivity contribution in [2.75, 3.05) is 0 Å². The van der Waals surface area contributed by atoms with E-state index in [9.17, 15) is 4.79 Å². The molecule has 66 valence electrons. The van der Waals surface area contributed by atoms with Crippen LogP contribution in [0.1, 0.15) is 12.6 Å². The van der Waals surface area contributed by atoms with E-state index in [1.807, 2.05) is 6.92 Å². The van der Waals surface area contributed by atoms with Crippen LogP contribution in [0.25, 0.3) is 11.0 Å². The first-order valence-electron chi connectivity index (χ1n) is 4.05. The Morgan fingerprint density at radius 3 is 3.15 bits per heavy atom. The van der Waals surface area contributed by atoms with Crippen LogP contribution in [0.5, 0.6) is 0 Å². The van der Waals surface area contributed by atoms with Gasteiger partial charge in [-0.15, -0.1) is 0 Å². The van der Waals surface area contributed by atoms with Crippen LogP contribution < -0.4 is 5.76 Å². The highest BCUT2D eigenvalue weighted by Gasteiger charge is 2.03. The molecule has 0 amide bonds. The zero-order valence-corrected chi connectivity index (χ0v) is 7.15. The molecule has 0 spiro atoms. The Morgan fingerprint density at radius 2 is 2.38 bits per heavy atom. The van der Waals surface area contributed by atoms with Crippen molar-refractivity contribution >= 4 is 11.0 Å². The van der Waals surface area contributed by atoms with Gasteiger partial charge >= 0.3 is 5.76 Å². The Bertz CT molecular complexity index is 490. The quantitative estimate of drug-likeness (QED) is 0.653. The highest BCUT2D eigenvalue weighted by molar-refractivity contribution is 5.77. The summed E-state index contributed by atoms with van der Waals surface area (Å²) in [6.45, 7) is 1.94. The predicted octanol–water partition coefficient (Wildman–Crippen LogP) is 1.15. The van der Waals surface area contributed by atoms with Gasteiger partial charge in [0.2, 0.25) is 0 Å². The Labute approximate surface area is 74.2 Å². The zero-order valence-electron chi connectivity index (χ0n) is 7.15. The molecule has 2 heterocycles. The molecule has 0 fully saturated rings. The number of nitrogens with zero attached hydrogens (tertiary/aromatic N) is 2. The molecule has 0 bridgehead atoms. The lowest BCUT2D eigenvalue weighted by molar-refractivity contribution is 0.526. The van der Waals surface area contributed by atoms with Gasteiger partial charge in [-0.05, 0) is 6.42 Å². The number of aromatic nitrogens is 2. The van der Waals surface area contributed by atoms with Crippen LogP contribution in [0, 0.1) is 0 Å². The summed E-state index contributed by atoms with van der Waals surface area (Å²) in [5.74, 6) is -0.546. The van der Waals surface area contributed by atoms with Crippen molar-refractivity contribution in [2.45, 2.75) is 13.3 Å². The van der Waals surface area contributed by atoms with Gasteiger partial charge < -0.3 is 4.42 Å². The largest absolute Gasteiger partial charge is 0.439 e. The molecule has 0 radical (unpaired) electrons. The van der Waals surface area contributed by atoms with Crippen molar-refractivity contribution in [3.05, 3.63) is 34.7 Å². The first-order valence-corrected chi connectivity index (χ1v) is 4.05. The number of hydrogen-bond donors (Lipinski definition) is 0. The van der Waals surface area contributed by atoms with Crippen molar-refractivity contribution in [1.29, 1.82) is 0 Å². The second-order valence-electron chi connectivity index (χ2n) is 2.65. The minimum atomic E-state index is -0.546. The molecule has 4 heteroatoms. The number of hydrogen-bond acceptors (Lipinski definition) is 4. The van der Waals surface area contributed by atoms with E-state index in [1.165, 1.54) is 0 Å². The number of aryl methyl sites for hydroxylation is 1. The maximum atomic E-state index is 11.0. The molecule has 0 aliphatic carbocycles. The molecule has 0 saturated carbocycles. The van der Waals surface area contributed by atoms with Crippen LogP contribution in [-0.2, 0) is 6.42 Å². The topological polar surface area (TPSA) is 56.0 Å². The Hall–Kier alpha value is -1.71. The highest BCUT2D eigenvalue weighted by Crippen LogP contribution is 2.12. The Kier molecular flexibility index (Phi) is 1.81. The lowest BCUT2D eigenvalue weighted by Gasteiger charge is -1.98. The number of rotatable bonds is 1. The van der Waals surface area contributed by atoms with Gasteiger partial charge in [0.15, 0.2) is 0 Å². The van der Waals surface area contributed by atoms with Gasteiger partial charge in [-0.1, -0.05) is 6.92 Å². The molecule has 13 heavy (non-hydrogen) atoms. The first kappa shape index (κ1) is 7.91. The summed E-state index contributed by atoms with van der Waals surface area (Å²) in [4.78, 5) is 18.7. The highest BCUT2D eigenvalue weighted by atomic mass is 16.4. The zero-order chi connectivity index (χ0) is 9.26. The summed E-state index contributed by atoms with van der Waals surface area (Å²) in [5, 5.41) is 0.810. The van der Waals surface area contributed by atoms with E-state index in [0.717, 1.165) is 11.1 Å². The molecule has 0 aromatic carbocycles. The normalized spacial score (nSPS) is 10.5. The SMILES string of the molecule is CCc1nc(=O)oc2ccncc12. The molecular weight excluding hydrogens is 168 g/mol. The van der Waals surface area contributed by atoms with Crippen LogP contribution >= 0.6 is 0 Å². The first-order chi connectivity index (χ1) is 6.31. The molecular formula is C9H8N2O2. The minimum absolute atomic E-state index is 0.546. The summed E-state index contributed by atoms with van der Waals surface area (Å²) in [5.41, 5.74) is 1.28. The Balaban J connectivity index is 2.89. The molecule has 0 N–H and O–H groups in total. The van der Waals surface area contributed by atoms with E-state index < -0.39 is 5.76 Å². The van der Waals surface area contributed by atoms with E-state index in [1.54, 1.807) is 18.5 Å². The molecule has 0 aliphatic heterocycles. The average Bonchev–Trinajstić information content (AvgIpc) is 2.16. The van der Waals surface area contributed by atoms with Gasteiger partial charge in [0.05, 0.1) is 11.1 Å². The summed E-state index contributed by atoms with van der Waals surface area (Å²) < 4.78 is 4.90. The van der Waals surface area contributed by atoms with Crippen molar-refractivity contribution in [2.24, 2.45) is 0 Å². The van der Waals surface area contributed by atoms with E-state index in [0.29, 0.717) is 12.0 Å². The predicted molar refractivity (Wildman–Crippen MR) is 47.5 cm³/mol. The summed E-state index contributed by atoms with van der Waals surface area (Å²) >= 11 is 0. The van der Waals surface area contributed by atoms with Crippen LogP contribution in [0.2, 0.25) is 0 Å². The van der Waals surface area contributed by atoms with Crippen LogP contribution in [0.3, 0.4) is 0 Å².